The molecule has 4 aromatic rings. The van der Waals surface area contributed by atoms with Gasteiger partial charge in [0.1, 0.15) is 0 Å². The predicted octanol–water partition coefficient (Wildman–Crippen LogP) is 9.06. The Balaban J connectivity index is 0.00000141. The molecule has 1 fully saturated rings. The third kappa shape index (κ3) is 5.92. The van der Waals surface area contributed by atoms with Crippen LogP contribution in [0, 0.1) is 0 Å². The van der Waals surface area contributed by atoms with E-state index in [-0.39, 0.29) is 0 Å². The van der Waals surface area contributed by atoms with E-state index in [1.54, 1.807) is 0 Å². The third-order valence-corrected chi connectivity index (χ3v) is 13.2. The Hall–Kier alpha value is -2.30. The van der Waals surface area contributed by atoms with E-state index in [0.29, 0.717) is 11.3 Å². The molecule has 0 spiro atoms. The summed E-state index contributed by atoms with van der Waals surface area (Å²) in [7, 11) is -1.01. The Bertz CT molecular complexity index is 1030. The second-order valence-electron chi connectivity index (χ2n) is 8.48. The first-order chi connectivity index (χ1) is 17.4. The summed E-state index contributed by atoms with van der Waals surface area (Å²) in [6.07, 6.45) is 2.52. The van der Waals surface area contributed by atoms with Crippen LogP contribution < -0.4 is 10.6 Å². The van der Waals surface area contributed by atoms with E-state index in [9.17, 15) is 0 Å². The molecule has 0 N–H and O–H groups in total. The fraction of sp³-hybridized carbons (Fsp3) is 0.250. The van der Waals surface area contributed by atoms with E-state index >= 15 is 0 Å². The fourth-order valence-electron chi connectivity index (χ4n) is 5.07. The summed E-state index contributed by atoms with van der Waals surface area (Å²) < 4.78 is 2.91. The van der Waals surface area contributed by atoms with Crippen molar-refractivity contribution < 1.29 is 0 Å². The van der Waals surface area contributed by atoms with E-state index < -0.39 is 16.1 Å². The van der Waals surface area contributed by atoms with Gasteiger partial charge in [-0.2, -0.15) is 0 Å². The molecule has 0 unspecified atom stereocenters. The molecule has 1 aliphatic rings. The van der Waals surface area contributed by atoms with Crippen molar-refractivity contribution in [2.75, 3.05) is 6.54 Å². The highest BCUT2D eigenvalue weighted by molar-refractivity contribution is 7.79. The molecule has 0 amide bonds. The number of hydrogen-bond acceptors (Lipinski definition) is 1. The Kier molecular flexibility index (Phi) is 9.67. The van der Waals surface area contributed by atoms with Gasteiger partial charge in [-0.3, -0.25) is 4.44 Å². The van der Waals surface area contributed by atoms with E-state index in [0.717, 1.165) is 6.54 Å². The van der Waals surface area contributed by atoms with Crippen LogP contribution in [0.3, 0.4) is 0 Å². The lowest BCUT2D eigenvalue weighted by Crippen LogP contribution is -2.26. The molecule has 1 saturated heterocycles. The predicted molar refractivity (Wildman–Crippen MR) is 157 cm³/mol. The summed E-state index contributed by atoms with van der Waals surface area (Å²) in [5.41, 5.74) is 4.22. The van der Waals surface area contributed by atoms with Crippen LogP contribution in [0.5, 0.6) is 0 Å². The molecule has 180 valence electrons. The normalized spacial score (nSPS) is 17.9. The summed E-state index contributed by atoms with van der Waals surface area (Å²) in [5, 5.41) is 2.90. The molecule has 1 nitrogen and oxygen atoms in total. The first-order valence-corrected chi connectivity index (χ1v) is 15.7. The molecular formula is C32H37NP2. The summed E-state index contributed by atoms with van der Waals surface area (Å²) in [4.78, 5) is 0. The zero-order valence-corrected chi connectivity index (χ0v) is 23.0. The van der Waals surface area contributed by atoms with Crippen LogP contribution in [0.15, 0.2) is 121 Å². The Morgan fingerprint density at radius 1 is 0.600 bits per heavy atom. The van der Waals surface area contributed by atoms with Crippen molar-refractivity contribution in [3.63, 3.8) is 0 Å². The van der Waals surface area contributed by atoms with Crippen LogP contribution in [0.25, 0.3) is 0 Å². The minimum Gasteiger partial charge on any atom is -0.252 e. The molecule has 0 radical (unpaired) electrons. The van der Waals surface area contributed by atoms with Crippen LogP contribution in [-0.2, 0) is 0 Å². The molecule has 1 heterocycles. The molecule has 35 heavy (non-hydrogen) atoms. The largest absolute Gasteiger partial charge is 0.252 e. The highest BCUT2D eigenvalue weighted by atomic mass is 31.2. The maximum Gasteiger partial charge on any atom is 0.0318 e. The van der Waals surface area contributed by atoms with Crippen molar-refractivity contribution in [1.29, 1.82) is 0 Å². The molecule has 4 aromatic carbocycles. The van der Waals surface area contributed by atoms with Crippen LogP contribution in [0.2, 0.25) is 0 Å². The van der Waals surface area contributed by atoms with Crippen molar-refractivity contribution in [2.24, 2.45) is 0 Å². The lowest BCUT2D eigenvalue weighted by molar-refractivity contribution is 0.734. The fourth-order valence-corrected chi connectivity index (χ4v) is 12.5. The van der Waals surface area contributed by atoms with E-state index in [2.05, 4.69) is 133 Å². The first kappa shape index (κ1) is 25.8. The Morgan fingerprint density at radius 3 is 1.29 bits per heavy atom. The second-order valence-corrected chi connectivity index (χ2v) is 13.4. The molecule has 5 rings (SSSR count). The van der Waals surface area contributed by atoms with Crippen LogP contribution in [0.1, 0.15) is 56.1 Å². The van der Waals surface area contributed by atoms with Crippen molar-refractivity contribution in [1.82, 2.24) is 4.44 Å². The second kappa shape index (κ2) is 13.1. The highest BCUT2D eigenvalue weighted by Crippen LogP contribution is 2.76. The van der Waals surface area contributed by atoms with Gasteiger partial charge >= 0.3 is 0 Å². The van der Waals surface area contributed by atoms with Crippen molar-refractivity contribution >= 4 is 26.8 Å². The maximum atomic E-state index is 2.91. The van der Waals surface area contributed by atoms with Gasteiger partial charge in [-0.1, -0.05) is 142 Å². The summed E-state index contributed by atoms with van der Waals surface area (Å²) >= 11 is 0. The van der Waals surface area contributed by atoms with Gasteiger partial charge in [-0.15, -0.1) is 0 Å². The van der Waals surface area contributed by atoms with E-state index in [1.807, 2.05) is 13.8 Å². The zero-order chi connectivity index (χ0) is 24.5. The SMILES string of the molecule is CC.CCN(P(c1ccccc1)c1ccccc1)P1[C@@H](c2ccccc2)CC[C@@H]1c1ccccc1. The molecule has 0 aromatic heterocycles. The number of benzene rings is 4. The van der Waals surface area contributed by atoms with Gasteiger partial charge in [0.25, 0.3) is 0 Å². The monoisotopic (exact) mass is 497 g/mol. The van der Waals surface area contributed by atoms with Crippen LogP contribution in [0.4, 0.5) is 0 Å². The smallest absolute Gasteiger partial charge is 0.0318 e. The first-order valence-electron chi connectivity index (χ1n) is 12.9. The van der Waals surface area contributed by atoms with E-state index in [1.165, 1.54) is 34.6 Å². The minimum absolute atomic E-state index is 0.413. The summed E-state index contributed by atoms with van der Waals surface area (Å²) in [5.74, 6) is 0. The molecule has 0 bridgehead atoms. The van der Waals surface area contributed by atoms with Crippen molar-refractivity contribution in [3.8, 4) is 0 Å². The Morgan fingerprint density at radius 2 is 0.943 bits per heavy atom. The zero-order valence-electron chi connectivity index (χ0n) is 21.2. The molecule has 0 saturated carbocycles. The van der Waals surface area contributed by atoms with Crippen LogP contribution in [-0.4, -0.2) is 11.0 Å². The van der Waals surface area contributed by atoms with Crippen LogP contribution >= 0.6 is 16.1 Å². The quantitative estimate of drug-likeness (QED) is 0.230. The van der Waals surface area contributed by atoms with E-state index in [4.69, 9.17) is 0 Å². The topological polar surface area (TPSA) is 3.24 Å². The standard InChI is InChI=1S/C30H31NP2.C2H6/c1-2-31(32(27-19-11-5-12-20-27)28-21-13-6-14-22-28)33-29(25-15-7-3-8-16-25)23-24-30(33)26-17-9-4-10-18-26;1-2/h3-22,29-30H,2,23-24H2,1H3;1-2H3/t29-,30-;/m1./s1. The number of rotatable bonds is 7. The van der Waals surface area contributed by atoms with Gasteiger partial charge in [0.15, 0.2) is 0 Å². The average molecular weight is 498 g/mol. The lowest BCUT2D eigenvalue weighted by atomic mass is 10.0. The third-order valence-electron chi connectivity index (χ3n) is 6.50. The highest BCUT2D eigenvalue weighted by Gasteiger charge is 2.43. The van der Waals surface area contributed by atoms with Gasteiger partial charge in [-0.25, -0.2) is 0 Å². The maximum absolute atomic E-state index is 2.91. The minimum atomic E-state index is -0.597. The Labute approximate surface area is 214 Å². The van der Waals surface area contributed by atoms with Gasteiger partial charge in [0.05, 0.1) is 0 Å². The van der Waals surface area contributed by atoms with Gasteiger partial charge in [0.2, 0.25) is 0 Å². The molecule has 1 aliphatic heterocycles. The molecule has 2 atom stereocenters. The number of nitrogens with zero attached hydrogens (tertiary/aromatic N) is 1. The summed E-state index contributed by atoms with van der Waals surface area (Å²) in [6, 6.07) is 45.0. The van der Waals surface area contributed by atoms with Gasteiger partial charge < -0.3 is 0 Å². The molecule has 0 aliphatic carbocycles. The lowest BCUT2D eigenvalue weighted by Gasteiger charge is -2.42. The summed E-state index contributed by atoms with van der Waals surface area (Å²) in [6.45, 7) is 7.43. The molecular weight excluding hydrogens is 460 g/mol. The molecule has 3 heteroatoms. The van der Waals surface area contributed by atoms with Gasteiger partial charge in [-0.05, 0) is 42.6 Å². The number of hydrogen-bond donors (Lipinski definition) is 0. The average Bonchev–Trinajstić information content (AvgIpc) is 3.39. The van der Waals surface area contributed by atoms with Crippen molar-refractivity contribution in [2.45, 2.75) is 44.9 Å². The van der Waals surface area contributed by atoms with Gasteiger partial charge in [0, 0.05) is 25.9 Å². The van der Waals surface area contributed by atoms with Crippen molar-refractivity contribution in [3.05, 3.63) is 132 Å².